The Labute approximate surface area is 114 Å². The van der Waals surface area contributed by atoms with Crippen LogP contribution in [0.15, 0.2) is 47.4 Å². The average molecular weight is 285 g/mol. The third-order valence-corrected chi connectivity index (χ3v) is 4.05. The maximum Gasteiger partial charge on any atom is 0.115 e. The van der Waals surface area contributed by atoms with E-state index in [2.05, 4.69) is 0 Å². The summed E-state index contributed by atoms with van der Waals surface area (Å²) in [5.74, 6) is 1.10. The van der Waals surface area contributed by atoms with Gasteiger partial charge in [-0.3, -0.25) is 0 Å². The van der Waals surface area contributed by atoms with Crippen LogP contribution in [0.25, 0.3) is 0 Å². The van der Waals surface area contributed by atoms with Crippen LogP contribution in [0.5, 0.6) is 5.75 Å². The molecular weight excluding hydrogens is 275 g/mol. The minimum Gasteiger partial charge on any atom is -0.508 e. The topological polar surface area (TPSA) is 20.2 Å². The second-order valence-corrected chi connectivity index (χ2v) is 5.39. The van der Waals surface area contributed by atoms with Crippen LogP contribution in [0.3, 0.4) is 0 Å². The summed E-state index contributed by atoms with van der Waals surface area (Å²) in [6, 6.07) is 12.8. The molecule has 0 aliphatic rings. The zero-order chi connectivity index (χ0) is 12.3. The molecule has 0 saturated heterocycles. The highest BCUT2D eigenvalue weighted by Crippen LogP contribution is 2.28. The van der Waals surface area contributed by atoms with Gasteiger partial charge in [0, 0.05) is 10.6 Å². The predicted octanol–water partition coefficient (Wildman–Crippen LogP) is 4.99. The van der Waals surface area contributed by atoms with E-state index >= 15 is 0 Å². The van der Waals surface area contributed by atoms with Crippen molar-refractivity contribution in [2.45, 2.75) is 10.6 Å². The average Bonchev–Trinajstić information content (AvgIpc) is 2.33. The van der Waals surface area contributed by atoms with Gasteiger partial charge < -0.3 is 5.11 Å². The summed E-state index contributed by atoms with van der Waals surface area (Å²) in [4.78, 5) is 1.11. The molecule has 0 aliphatic carbocycles. The molecule has 0 bridgehead atoms. The van der Waals surface area contributed by atoms with E-state index in [0.29, 0.717) is 10.0 Å². The van der Waals surface area contributed by atoms with Crippen LogP contribution < -0.4 is 0 Å². The monoisotopic (exact) mass is 284 g/mol. The van der Waals surface area contributed by atoms with Gasteiger partial charge in [-0.2, -0.15) is 0 Å². The van der Waals surface area contributed by atoms with E-state index in [-0.39, 0.29) is 5.75 Å². The zero-order valence-corrected chi connectivity index (χ0v) is 11.2. The number of thioether (sulfide) groups is 1. The molecule has 0 aliphatic heterocycles. The molecule has 0 atom stereocenters. The largest absolute Gasteiger partial charge is 0.508 e. The van der Waals surface area contributed by atoms with E-state index in [4.69, 9.17) is 28.3 Å². The Morgan fingerprint density at radius 3 is 2.29 bits per heavy atom. The standard InChI is InChI=1S/C13H10Cl2OS/c14-12-6-1-9(7-13(12)15)8-17-11-4-2-10(16)3-5-11/h1-7,16H,8H2. The molecule has 0 spiro atoms. The van der Waals surface area contributed by atoms with E-state index in [0.717, 1.165) is 16.2 Å². The van der Waals surface area contributed by atoms with Crippen molar-refractivity contribution >= 4 is 35.0 Å². The molecule has 0 radical (unpaired) electrons. The highest BCUT2D eigenvalue weighted by molar-refractivity contribution is 7.98. The SMILES string of the molecule is Oc1ccc(SCc2ccc(Cl)c(Cl)c2)cc1. The summed E-state index contributed by atoms with van der Waals surface area (Å²) in [5, 5.41) is 10.3. The fourth-order valence-electron chi connectivity index (χ4n) is 1.34. The fraction of sp³-hybridized carbons (Fsp3) is 0.0769. The van der Waals surface area contributed by atoms with Gasteiger partial charge in [0.25, 0.3) is 0 Å². The zero-order valence-electron chi connectivity index (χ0n) is 8.86. The Kier molecular flexibility index (Phi) is 4.21. The Balaban J connectivity index is 2.02. The van der Waals surface area contributed by atoms with Gasteiger partial charge in [0.05, 0.1) is 10.0 Å². The number of phenolic OH excluding ortho intramolecular Hbond substituents is 1. The first-order valence-electron chi connectivity index (χ1n) is 5.01. The molecule has 0 aromatic heterocycles. The van der Waals surface area contributed by atoms with E-state index < -0.39 is 0 Å². The Hall–Kier alpha value is -0.830. The second kappa shape index (κ2) is 5.67. The fourth-order valence-corrected chi connectivity index (χ4v) is 2.50. The quantitative estimate of drug-likeness (QED) is 0.801. The lowest BCUT2D eigenvalue weighted by Crippen LogP contribution is -1.81. The number of hydrogen-bond donors (Lipinski definition) is 1. The molecule has 1 nitrogen and oxygen atoms in total. The van der Waals surface area contributed by atoms with E-state index in [1.807, 2.05) is 24.3 Å². The van der Waals surface area contributed by atoms with Crippen molar-refractivity contribution in [3.63, 3.8) is 0 Å². The smallest absolute Gasteiger partial charge is 0.115 e. The third kappa shape index (κ3) is 3.56. The highest BCUT2D eigenvalue weighted by Gasteiger charge is 2.01. The maximum atomic E-state index is 9.17. The van der Waals surface area contributed by atoms with E-state index in [1.165, 1.54) is 0 Å². The number of halogens is 2. The van der Waals surface area contributed by atoms with E-state index in [1.54, 1.807) is 30.0 Å². The lowest BCUT2D eigenvalue weighted by molar-refractivity contribution is 0.475. The number of aromatic hydroxyl groups is 1. The van der Waals surface area contributed by atoms with Crippen LogP contribution in [-0.4, -0.2) is 5.11 Å². The van der Waals surface area contributed by atoms with Crippen LogP contribution >= 0.6 is 35.0 Å². The summed E-state index contributed by atoms with van der Waals surface area (Å²) in [6.07, 6.45) is 0. The van der Waals surface area contributed by atoms with Crippen molar-refractivity contribution in [3.8, 4) is 5.75 Å². The minimum absolute atomic E-state index is 0.281. The Morgan fingerprint density at radius 1 is 0.941 bits per heavy atom. The lowest BCUT2D eigenvalue weighted by Gasteiger charge is -2.03. The predicted molar refractivity (Wildman–Crippen MR) is 74.1 cm³/mol. The van der Waals surface area contributed by atoms with Crippen molar-refractivity contribution in [3.05, 3.63) is 58.1 Å². The maximum absolute atomic E-state index is 9.17. The van der Waals surface area contributed by atoms with Gasteiger partial charge >= 0.3 is 0 Å². The van der Waals surface area contributed by atoms with Crippen LogP contribution in [0, 0.1) is 0 Å². The summed E-state index contributed by atoms with van der Waals surface area (Å²) in [6.45, 7) is 0. The highest BCUT2D eigenvalue weighted by atomic mass is 35.5. The van der Waals surface area contributed by atoms with Crippen molar-refractivity contribution < 1.29 is 5.11 Å². The van der Waals surface area contributed by atoms with Gasteiger partial charge in [0.2, 0.25) is 0 Å². The van der Waals surface area contributed by atoms with Crippen LogP contribution in [0.4, 0.5) is 0 Å². The molecule has 4 heteroatoms. The summed E-state index contributed by atoms with van der Waals surface area (Å²) >= 11 is 13.5. The van der Waals surface area contributed by atoms with E-state index in [9.17, 15) is 0 Å². The molecule has 0 saturated carbocycles. The molecule has 88 valence electrons. The number of rotatable bonds is 3. The molecule has 1 N–H and O–H groups in total. The van der Waals surface area contributed by atoms with Gasteiger partial charge in [-0.15, -0.1) is 11.8 Å². The van der Waals surface area contributed by atoms with Gasteiger partial charge in [-0.1, -0.05) is 29.3 Å². The van der Waals surface area contributed by atoms with Crippen molar-refractivity contribution in [1.82, 2.24) is 0 Å². The lowest BCUT2D eigenvalue weighted by atomic mass is 10.2. The summed E-state index contributed by atoms with van der Waals surface area (Å²) in [7, 11) is 0. The van der Waals surface area contributed by atoms with Gasteiger partial charge in [-0.05, 0) is 42.0 Å². The van der Waals surface area contributed by atoms with Gasteiger partial charge in [0.15, 0.2) is 0 Å². The van der Waals surface area contributed by atoms with Crippen LogP contribution in [0.2, 0.25) is 10.0 Å². The molecule has 17 heavy (non-hydrogen) atoms. The van der Waals surface area contributed by atoms with Gasteiger partial charge in [-0.25, -0.2) is 0 Å². The third-order valence-electron chi connectivity index (χ3n) is 2.23. The normalized spacial score (nSPS) is 10.5. The molecule has 0 unspecified atom stereocenters. The van der Waals surface area contributed by atoms with Crippen LogP contribution in [-0.2, 0) is 5.75 Å². The Bertz CT molecular complexity index is 511. The molecular formula is C13H10Cl2OS. The molecule has 0 fully saturated rings. The van der Waals surface area contributed by atoms with Crippen molar-refractivity contribution in [2.75, 3.05) is 0 Å². The van der Waals surface area contributed by atoms with Crippen molar-refractivity contribution in [2.24, 2.45) is 0 Å². The molecule has 0 amide bonds. The summed E-state index contributed by atoms with van der Waals surface area (Å²) < 4.78 is 0. The number of benzene rings is 2. The molecule has 0 heterocycles. The first-order chi connectivity index (χ1) is 8.15. The first-order valence-corrected chi connectivity index (χ1v) is 6.75. The first kappa shape index (κ1) is 12.6. The summed E-state index contributed by atoms with van der Waals surface area (Å²) in [5.41, 5.74) is 1.12. The second-order valence-electron chi connectivity index (χ2n) is 3.53. The van der Waals surface area contributed by atoms with Crippen LogP contribution in [0.1, 0.15) is 5.56 Å². The van der Waals surface area contributed by atoms with Gasteiger partial charge in [0.1, 0.15) is 5.75 Å². The number of hydrogen-bond acceptors (Lipinski definition) is 2. The minimum atomic E-state index is 0.281. The molecule has 2 aromatic rings. The molecule has 2 rings (SSSR count). The van der Waals surface area contributed by atoms with Crippen molar-refractivity contribution in [1.29, 1.82) is 0 Å². The molecule has 2 aromatic carbocycles. The number of phenols is 1. The Morgan fingerprint density at radius 2 is 1.65 bits per heavy atom.